The van der Waals surface area contributed by atoms with Crippen molar-refractivity contribution < 1.29 is 19.1 Å². The van der Waals surface area contributed by atoms with Crippen molar-refractivity contribution in [2.45, 2.75) is 52.3 Å². The number of likely N-dealkylation sites (N-methyl/N-ethyl adjacent to an activating group) is 1. The molecule has 0 aliphatic rings. The minimum Gasteiger partial charge on any atom is -0.444 e. The largest absolute Gasteiger partial charge is 0.444 e. The number of carbonyl (C=O) groups excluding carboxylic acids is 3. The highest BCUT2D eigenvalue weighted by molar-refractivity contribution is 7.80. The van der Waals surface area contributed by atoms with Crippen molar-refractivity contribution in [3.63, 3.8) is 0 Å². The number of thiol groups is 1. The van der Waals surface area contributed by atoms with Gasteiger partial charge in [0.05, 0.1) is 0 Å². The quantitative estimate of drug-likeness (QED) is 0.363. The summed E-state index contributed by atoms with van der Waals surface area (Å²) in [5.74, 6) is -0.788. The molecule has 196 valence electrons. The number of amides is 3. The van der Waals surface area contributed by atoms with Gasteiger partial charge in [-0.25, -0.2) is 4.79 Å². The minimum absolute atomic E-state index is 0.0359. The van der Waals surface area contributed by atoms with Gasteiger partial charge >= 0.3 is 6.09 Å². The smallest absolute Gasteiger partial charge is 0.408 e. The zero-order valence-electron chi connectivity index (χ0n) is 22.2. The molecule has 0 radical (unpaired) electrons. The van der Waals surface area contributed by atoms with Crippen molar-refractivity contribution in [3.8, 4) is 0 Å². The van der Waals surface area contributed by atoms with Gasteiger partial charge in [-0.1, -0.05) is 54.1 Å². The number of hydrogen-bond donors (Lipinski definition) is 3. The first-order valence-electron chi connectivity index (χ1n) is 12.1. The second kappa shape index (κ2) is 11.7. The molecule has 0 saturated carbocycles. The Balaban J connectivity index is 1.92. The summed E-state index contributed by atoms with van der Waals surface area (Å²) in [5, 5.41) is 7.61. The molecular weight excluding hydrogens is 486 g/mol. The first-order valence-corrected chi connectivity index (χ1v) is 12.8. The van der Waals surface area contributed by atoms with E-state index < -0.39 is 29.7 Å². The first-order chi connectivity index (χ1) is 17.4. The molecule has 3 amide bonds. The van der Waals surface area contributed by atoms with E-state index in [-0.39, 0.29) is 11.7 Å². The van der Waals surface area contributed by atoms with Crippen LogP contribution in [0.5, 0.6) is 0 Å². The number of benzene rings is 3. The number of aryl methyl sites for hydroxylation is 2. The maximum atomic E-state index is 13.7. The lowest BCUT2D eigenvalue weighted by Crippen LogP contribution is -2.52. The van der Waals surface area contributed by atoms with Crippen LogP contribution in [-0.2, 0) is 14.3 Å². The van der Waals surface area contributed by atoms with E-state index >= 15 is 0 Å². The van der Waals surface area contributed by atoms with E-state index in [0.717, 1.165) is 21.9 Å². The number of carbonyl (C=O) groups is 3. The van der Waals surface area contributed by atoms with Crippen LogP contribution in [0.1, 0.15) is 43.5 Å². The molecule has 0 aromatic heterocycles. The second-order valence-electron chi connectivity index (χ2n) is 10.1. The lowest BCUT2D eigenvalue weighted by atomic mass is 9.96. The molecule has 3 rings (SSSR count). The van der Waals surface area contributed by atoms with Gasteiger partial charge in [0.15, 0.2) is 0 Å². The molecule has 7 nitrogen and oxygen atoms in total. The summed E-state index contributed by atoms with van der Waals surface area (Å²) in [6.07, 6.45) is -0.725. The number of alkyl carbamates (subject to hydrolysis) is 1. The highest BCUT2D eigenvalue weighted by atomic mass is 32.1. The zero-order valence-corrected chi connectivity index (χ0v) is 23.1. The highest BCUT2D eigenvalue weighted by Gasteiger charge is 2.34. The van der Waals surface area contributed by atoms with Crippen LogP contribution >= 0.6 is 12.6 Å². The number of hydrogen-bond acceptors (Lipinski definition) is 5. The van der Waals surface area contributed by atoms with Gasteiger partial charge in [0.1, 0.15) is 17.7 Å². The van der Waals surface area contributed by atoms with Crippen LogP contribution in [0.2, 0.25) is 0 Å². The summed E-state index contributed by atoms with van der Waals surface area (Å²) >= 11 is 4.28. The molecule has 0 fully saturated rings. The molecule has 0 aliphatic heterocycles. The van der Waals surface area contributed by atoms with Crippen molar-refractivity contribution in [3.05, 3.63) is 77.4 Å². The maximum Gasteiger partial charge on any atom is 0.408 e. The SMILES string of the molecule is Cc1ccc(C)c(C(C(=O)Nc2ccc3ccccc3c2)N(C)C(=O)C(CS)NC(=O)OC(C)(C)C)c1. The first kappa shape index (κ1) is 28.1. The van der Waals surface area contributed by atoms with E-state index in [1.54, 1.807) is 27.8 Å². The molecule has 2 N–H and O–H groups in total. The molecule has 3 aromatic rings. The predicted octanol–water partition coefficient (Wildman–Crippen LogP) is 5.42. The van der Waals surface area contributed by atoms with E-state index in [4.69, 9.17) is 4.74 Å². The molecule has 0 aliphatic carbocycles. The minimum atomic E-state index is -0.982. The summed E-state index contributed by atoms with van der Waals surface area (Å²) < 4.78 is 5.31. The number of nitrogens with one attached hydrogen (secondary N) is 2. The van der Waals surface area contributed by atoms with Gasteiger partial charge in [-0.15, -0.1) is 0 Å². The molecule has 0 spiro atoms. The average molecular weight is 522 g/mol. The van der Waals surface area contributed by atoms with Crippen molar-refractivity contribution in [1.82, 2.24) is 10.2 Å². The van der Waals surface area contributed by atoms with E-state index in [9.17, 15) is 14.4 Å². The van der Waals surface area contributed by atoms with Gasteiger partial charge in [0, 0.05) is 18.5 Å². The Bertz CT molecular complexity index is 1300. The Morgan fingerprint density at radius 2 is 1.65 bits per heavy atom. The Kier molecular flexibility index (Phi) is 8.86. The van der Waals surface area contributed by atoms with E-state index in [0.29, 0.717) is 11.3 Å². The molecule has 37 heavy (non-hydrogen) atoms. The molecular formula is C29H35N3O4S. The molecule has 2 atom stereocenters. The van der Waals surface area contributed by atoms with Crippen molar-refractivity contribution in [2.75, 3.05) is 18.1 Å². The van der Waals surface area contributed by atoms with Gasteiger partial charge < -0.3 is 20.3 Å². The molecule has 0 heterocycles. The molecule has 0 saturated heterocycles. The van der Waals surface area contributed by atoms with Crippen LogP contribution in [0.4, 0.5) is 10.5 Å². The van der Waals surface area contributed by atoms with Gasteiger partial charge in [-0.3, -0.25) is 9.59 Å². The molecule has 0 bridgehead atoms. The Morgan fingerprint density at radius 1 is 0.973 bits per heavy atom. The van der Waals surface area contributed by atoms with Gasteiger partial charge in [0.25, 0.3) is 5.91 Å². The van der Waals surface area contributed by atoms with Crippen LogP contribution in [0, 0.1) is 13.8 Å². The van der Waals surface area contributed by atoms with Crippen LogP contribution in [0.25, 0.3) is 10.8 Å². The van der Waals surface area contributed by atoms with Crippen LogP contribution in [0.15, 0.2) is 60.7 Å². The van der Waals surface area contributed by atoms with Gasteiger partial charge in [0.2, 0.25) is 5.91 Å². The third kappa shape index (κ3) is 7.26. The van der Waals surface area contributed by atoms with Crippen molar-refractivity contribution >= 4 is 47.0 Å². The standard InChI is InChI=1S/C29H35N3O4S/c1-18-11-12-19(2)23(15-18)25(26(33)30-22-14-13-20-9-7-8-10-21(20)16-22)32(6)27(34)24(17-37)31-28(35)36-29(3,4)5/h7-16,24-25,37H,17H2,1-6H3,(H,30,33)(H,31,35). The normalized spacial score (nSPS) is 12.9. The number of fused-ring (bicyclic) bond motifs is 1. The lowest BCUT2D eigenvalue weighted by Gasteiger charge is -2.32. The molecule has 2 unspecified atom stereocenters. The summed E-state index contributed by atoms with van der Waals surface area (Å²) in [6.45, 7) is 9.06. The third-order valence-electron chi connectivity index (χ3n) is 5.90. The van der Waals surface area contributed by atoms with Crippen molar-refractivity contribution in [2.24, 2.45) is 0 Å². The zero-order chi connectivity index (χ0) is 27.3. The number of ether oxygens (including phenoxy) is 1. The van der Waals surface area contributed by atoms with Gasteiger partial charge in [-0.05, 0) is 68.7 Å². The summed E-state index contributed by atoms with van der Waals surface area (Å²) in [5.41, 5.74) is 2.43. The Labute approximate surface area is 224 Å². The third-order valence-corrected chi connectivity index (χ3v) is 6.27. The van der Waals surface area contributed by atoms with E-state index in [1.807, 2.05) is 74.5 Å². The maximum absolute atomic E-state index is 13.7. The molecule has 8 heteroatoms. The highest BCUT2D eigenvalue weighted by Crippen LogP contribution is 2.28. The second-order valence-corrected chi connectivity index (χ2v) is 10.5. The fourth-order valence-electron chi connectivity index (χ4n) is 4.07. The lowest BCUT2D eigenvalue weighted by molar-refractivity contribution is -0.138. The Morgan fingerprint density at radius 3 is 2.30 bits per heavy atom. The monoisotopic (exact) mass is 521 g/mol. The van der Waals surface area contributed by atoms with Crippen LogP contribution in [-0.4, -0.2) is 47.3 Å². The fourth-order valence-corrected chi connectivity index (χ4v) is 4.31. The van der Waals surface area contributed by atoms with Gasteiger partial charge in [-0.2, -0.15) is 12.6 Å². The average Bonchev–Trinajstić information content (AvgIpc) is 2.83. The fraction of sp³-hybridized carbons (Fsp3) is 0.345. The van der Waals surface area contributed by atoms with E-state index in [2.05, 4.69) is 23.3 Å². The van der Waals surface area contributed by atoms with Crippen molar-refractivity contribution in [1.29, 1.82) is 0 Å². The molecule has 3 aromatic carbocycles. The number of anilines is 1. The summed E-state index contributed by atoms with van der Waals surface area (Å²) in [7, 11) is 1.56. The Hall–Kier alpha value is -3.52. The summed E-state index contributed by atoms with van der Waals surface area (Å²) in [6, 6.07) is 17.4. The number of rotatable bonds is 7. The topological polar surface area (TPSA) is 87.7 Å². The predicted molar refractivity (Wildman–Crippen MR) is 151 cm³/mol. The summed E-state index contributed by atoms with van der Waals surface area (Å²) in [4.78, 5) is 41.0. The van der Waals surface area contributed by atoms with Crippen LogP contribution in [0.3, 0.4) is 0 Å². The van der Waals surface area contributed by atoms with E-state index in [1.165, 1.54) is 4.90 Å². The van der Waals surface area contributed by atoms with Crippen LogP contribution < -0.4 is 10.6 Å². The number of nitrogens with zero attached hydrogens (tertiary/aromatic N) is 1.